The highest BCUT2D eigenvalue weighted by Gasteiger charge is 2.21. The van der Waals surface area contributed by atoms with Gasteiger partial charge in [-0.1, -0.05) is 13.5 Å². The van der Waals surface area contributed by atoms with Gasteiger partial charge in [0.2, 0.25) is 17.8 Å². The first-order valence-electron chi connectivity index (χ1n) is 6.86. The monoisotopic (exact) mass is 292 g/mol. The minimum absolute atomic E-state index is 0.169. The molecule has 0 bridgehead atoms. The highest BCUT2D eigenvalue weighted by atomic mass is 16.2. The Balaban J connectivity index is 3.35. The predicted octanol–water partition coefficient (Wildman–Crippen LogP) is 1.32. The molecule has 21 heavy (non-hydrogen) atoms. The molecular formula is C14H24N6O. The van der Waals surface area contributed by atoms with Gasteiger partial charge >= 0.3 is 0 Å². The van der Waals surface area contributed by atoms with Crippen LogP contribution in [0.2, 0.25) is 0 Å². The van der Waals surface area contributed by atoms with Crippen molar-refractivity contribution in [3.05, 3.63) is 12.2 Å². The second-order valence-corrected chi connectivity index (χ2v) is 5.26. The summed E-state index contributed by atoms with van der Waals surface area (Å²) in [5, 5.41) is 0. The second-order valence-electron chi connectivity index (χ2n) is 5.26. The summed E-state index contributed by atoms with van der Waals surface area (Å²) in [5.41, 5.74) is 0.460. The maximum Gasteiger partial charge on any atom is 0.255 e. The van der Waals surface area contributed by atoms with Crippen LogP contribution >= 0.6 is 0 Å². The first kappa shape index (κ1) is 16.9. The van der Waals surface area contributed by atoms with E-state index in [9.17, 15) is 4.79 Å². The molecule has 1 amide bonds. The fraction of sp³-hybridized carbons (Fsp3) is 0.571. The lowest BCUT2D eigenvalue weighted by Crippen LogP contribution is -2.34. The number of anilines is 3. The largest absolute Gasteiger partial charge is 0.347 e. The Labute approximate surface area is 126 Å². The number of amides is 1. The zero-order valence-electron chi connectivity index (χ0n) is 13.7. The fourth-order valence-electron chi connectivity index (χ4n) is 1.61. The fourth-order valence-corrected chi connectivity index (χ4v) is 1.61. The van der Waals surface area contributed by atoms with Crippen molar-refractivity contribution in [3.8, 4) is 0 Å². The average Bonchev–Trinajstić information content (AvgIpc) is 2.43. The Morgan fingerprint density at radius 1 is 1.00 bits per heavy atom. The maximum atomic E-state index is 12.3. The number of hydrogen-bond acceptors (Lipinski definition) is 6. The van der Waals surface area contributed by atoms with E-state index < -0.39 is 0 Å². The maximum absolute atomic E-state index is 12.3. The van der Waals surface area contributed by atoms with Gasteiger partial charge in [-0.3, -0.25) is 9.69 Å². The van der Waals surface area contributed by atoms with E-state index in [1.54, 1.807) is 21.6 Å². The topological polar surface area (TPSA) is 65.5 Å². The van der Waals surface area contributed by atoms with Gasteiger partial charge in [0, 0.05) is 40.3 Å². The average molecular weight is 292 g/mol. The normalized spacial score (nSPS) is 10.2. The summed E-state index contributed by atoms with van der Waals surface area (Å²) < 4.78 is 0. The highest BCUT2D eigenvalue weighted by molar-refractivity contribution is 6.03. The molecule has 7 heteroatoms. The van der Waals surface area contributed by atoms with E-state index in [1.807, 2.05) is 35.1 Å². The summed E-state index contributed by atoms with van der Waals surface area (Å²) in [4.78, 5) is 30.5. The summed E-state index contributed by atoms with van der Waals surface area (Å²) >= 11 is 0. The summed E-state index contributed by atoms with van der Waals surface area (Å²) in [5.74, 6) is 1.21. The Hall–Kier alpha value is -2.18. The van der Waals surface area contributed by atoms with Crippen LogP contribution in [0.3, 0.4) is 0 Å². The van der Waals surface area contributed by atoms with E-state index in [0.29, 0.717) is 30.0 Å². The van der Waals surface area contributed by atoms with Gasteiger partial charge < -0.3 is 9.80 Å². The van der Waals surface area contributed by atoms with E-state index in [-0.39, 0.29) is 5.91 Å². The zero-order chi connectivity index (χ0) is 16.2. The van der Waals surface area contributed by atoms with Crippen LogP contribution in [0.1, 0.15) is 20.3 Å². The van der Waals surface area contributed by atoms with E-state index in [2.05, 4.69) is 21.5 Å². The smallest absolute Gasteiger partial charge is 0.255 e. The van der Waals surface area contributed by atoms with Crippen LogP contribution in [-0.4, -0.2) is 55.6 Å². The molecule has 116 valence electrons. The van der Waals surface area contributed by atoms with Crippen molar-refractivity contribution in [2.45, 2.75) is 20.3 Å². The van der Waals surface area contributed by atoms with E-state index in [0.717, 1.165) is 6.42 Å². The molecule has 1 heterocycles. The summed E-state index contributed by atoms with van der Waals surface area (Å²) in [7, 11) is 7.40. The Morgan fingerprint density at radius 3 is 1.76 bits per heavy atom. The van der Waals surface area contributed by atoms with Crippen molar-refractivity contribution in [3.63, 3.8) is 0 Å². The number of nitrogens with zero attached hydrogens (tertiary/aromatic N) is 6. The molecular weight excluding hydrogens is 268 g/mol. The lowest BCUT2D eigenvalue weighted by atomic mass is 10.3. The quantitative estimate of drug-likeness (QED) is 0.737. The molecule has 0 saturated heterocycles. The van der Waals surface area contributed by atoms with Crippen LogP contribution in [0.5, 0.6) is 0 Å². The van der Waals surface area contributed by atoms with Crippen molar-refractivity contribution < 1.29 is 4.79 Å². The summed E-state index contributed by atoms with van der Waals surface area (Å²) in [6, 6.07) is 0. The molecule has 0 radical (unpaired) electrons. The van der Waals surface area contributed by atoms with Crippen LogP contribution in [0.25, 0.3) is 0 Å². The molecule has 7 nitrogen and oxygen atoms in total. The highest BCUT2D eigenvalue weighted by Crippen LogP contribution is 2.18. The SMILES string of the molecule is C=C(C)C(=O)N(CCC)c1nc(N(C)C)nc(N(C)C)n1. The predicted molar refractivity (Wildman–Crippen MR) is 85.9 cm³/mol. The third-order valence-electron chi connectivity index (χ3n) is 2.70. The molecule has 0 N–H and O–H groups in total. The molecule has 0 fully saturated rings. The number of carbonyl (C=O) groups excluding carboxylic acids is 1. The van der Waals surface area contributed by atoms with Gasteiger partial charge in [0.1, 0.15) is 0 Å². The first-order valence-corrected chi connectivity index (χ1v) is 6.86. The molecule has 0 aliphatic carbocycles. The van der Waals surface area contributed by atoms with Gasteiger partial charge in [0.15, 0.2) is 0 Å². The zero-order valence-corrected chi connectivity index (χ0v) is 13.7. The number of hydrogen-bond donors (Lipinski definition) is 0. The Kier molecular flexibility index (Phi) is 5.63. The molecule has 0 aliphatic rings. The van der Waals surface area contributed by atoms with Gasteiger partial charge in [-0.25, -0.2) is 0 Å². The molecule has 0 aliphatic heterocycles. The minimum atomic E-state index is -0.169. The van der Waals surface area contributed by atoms with Crippen LogP contribution in [-0.2, 0) is 4.79 Å². The Bertz CT molecular complexity index is 500. The van der Waals surface area contributed by atoms with E-state index in [1.165, 1.54) is 0 Å². The molecule has 1 aromatic heterocycles. The van der Waals surface area contributed by atoms with Gasteiger partial charge in [0.25, 0.3) is 5.91 Å². The van der Waals surface area contributed by atoms with Crippen LogP contribution in [0.15, 0.2) is 12.2 Å². The van der Waals surface area contributed by atoms with Gasteiger partial charge in [-0.15, -0.1) is 0 Å². The lowest BCUT2D eigenvalue weighted by molar-refractivity contribution is -0.115. The van der Waals surface area contributed by atoms with Gasteiger partial charge in [0.05, 0.1) is 0 Å². The molecule has 0 saturated carbocycles. The lowest BCUT2D eigenvalue weighted by Gasteiger charge is -2.23. The first-order chi connectivity index (χ1) is 9.77. The van der Waals surface area contributed by atoms with E-state index >= 15 is 0 Å². The van der Waals surface area contributed by atoms with E-state index in [4.69, 9.17) is 0 Å². The van der Waals surface area contributed by atoms with Crippen molar-refractivity contribution in [2.24, 2.45) is 0 Å². The minimum Gasteiger partial charge on any atom is -0.347 e. The van der Waals surface area contributed by atoms with Gasteiger partial charge in [-0.2, -0.15) is 15.0 Å². The summed E-state index contributed by atoms with van der Waals surface area (Å²) in [6.45, 7) is 7.94. The molecule has 0 spiro atoms. The second kappa shape index (κ2) is 7.01. The van der Waals surface area contributed by atoms with Crippen molar-refractivity contribution in [1.29, 1.82) is 0 Å². The molecule has 0 aromatic carbocycles. The molecule has 1 aromatic rings. The number of rotatable bonds is 6. The van der Waals surface area contributed by atoms with Crippen LogP contribution in [0.4, 0.5) is 17.8 Å². The van der Waals surface area contributed by atoms with Crippen molar-refractivity contribution >= 4 is 23.8 Å². The standard InChI is InChI=1S/C14H24N6O/c1-8-9-20(11(21)10(2)3)14-16-12(18(4)5)15-13(17-14)19(6)7/h2,8-9H2,1,3-7H3. The molecule has 1 rings (SSSR count). The third-order valence-corrected chi connectivity index (χ3v) is 2.70. The van der Waals surface area contributed by atoms with Crippen molar-refractivity contribution in [2.75, 3.05) is 49.4 Å². The van der Waals surface area contributed by atoms with Gasteiger partial charge in [-0.05, 0) is 13.3 Å². The number of carbonyl (C=O) groups is 1. The molecule has 0 unspecified atom stereocenters. The van der Waals surface area contributed by atoms with Crippen LogP contribution < -0.4 is 14.7 Å². The van der Waals surface area contributed by atoms with Crippen LogP contribution in [0, 0.1) is 0 Å². The number of aromatic nitrogens is 3. The summed E-state index contributed by atoms with van der Waals surface area (Å²) in [6.07, 6.45) is 0.805. The Morgan fingerprint density at radius 2 is 1.43 bits per heavy atom. The van der Waals surface area contributed by atoms with Crippen molar-refractivity contribution in [1.82, 2.24) is 15.0 Å². The molecule has 0 atom stereocenters. The third kappa shape index (κ3) is 4.14.